The fraction of sp³-hybridized carbons (Fsp3) is 0.375. The third kappa shape index (κ3) is 3.04. The molecule has 0 bridgehead atoms. The lowest BCUT2D eigenvalue weighted by Crippen LogP contribution is -2.23. The second-order valence-corrected chi connectivity index (χ2v) is 3.08. The number of aliphatic hydroxyl groups is 2. The number of rotatable bonds is 5. The molecule has 0 radical (unpaired) electrons. The van der Waals surface area contributed by atoms with Crippen molar-refractivity contribution in [3.63, 3.8) is 0 Å². The van der Waals surface area contributed by atoms with Gasteiger partial charge in [-0.3, -0.25) is 10.1 Å². The van der Waals surface area contributed by atoms with Gasteiger partial charge >= 0.3 is 5.69 Å². The summed E-state index contributed by atoms with van der Waals surface area (Å²) in [4.78, 5) is 13.7. The van der Waals surface area contributed by atoms with E-state index in [1.807, 2.05) is 0 Å². The van der Waals surface area contributed by atoms with Gasteiger partial charge in [0.1, 0.15) is 5.82 Å². The van der Waals surface area contributed by atoms with Crippen molar-refractivity contribution >= 4 is 17.3 Å². The molecule has 1 aromatic heterocycles. The summed E-state index contributed by atoms with van der Waals surface area (Å²) >= 11 is 0. The molecule has 0 saturated heterocycles. The van der Waals surface area contributed by atoms with Gasteiger partial charge in [-0.25, -0.2) is 4.98 Å². The topological polar surface area (TPSA) is 135 Å². The van der Waals surface area contributed by atoms with E-state index in [1.54, 1.807) is 0 Å². The Morgan fingerprint density at radius 1 is 1.62 bits per heavy atom. The molecule has 8 nitrogen and oxygen atoms in total. The van der Waals surface area contributed by atoms with E-state index in [0.29, 0.717) is 0 Å². The maximum Gasteiger partial charge on any atom is 0.311 e. The number of nitrogens with one attached hydrogen (secondary N) is 1. The SMILES string of the molecule is Nc1ccc([N+](=O)[O-])c(NCC(O)CO)n1. The van der Waals surface area contributed by atoms with Crippen molar-refractivity contribution in [2.75, 3.05) is 24.2 Å². The Bertz CT molecular complexity index is 384. The zero-order valence-corrected chi connectivity index (χ0v) is 8.33. The summed E-state index contributed by atoms with van der Waals surface area (Å²) in [5, 5.41) is 30.8. The van der Waals surface area contributed by atoms with Crippen molar-refractivity contribution in [1.29, 1.82) is 0 Å². The average Bonchev–Trinajstić information content (AvgIpc) is 2.25. The first-order valence-electron chi connectivity index (χ1n) is 4.48. The monoisotopic (exact) mass is 228 g/mol. The van der Waals surface area contributed by atoms with Crippen LogP contribution in [-0.4, -0.2) is 39.4 Å². The van der Waals surface area contributed by atoms with Crippen LogP contribution in [0.2, 0.25) is 0 Å². The number of nitrogen functional groups attached to an aromatic ring is 1. The van der Waals surface area contributed by atoms with Crippen LogP contribution >= 0.6 is 0 Å². The van der Waals surface area contributed by atoms with Crippen LogP contribution in [0.25, 0.3) is 0 Å². The van der Waals surface area contributed by atoms with Gasteiger partial charge in [0.25, 0.3) is 0 Å². The predicted octanol–water partition coefficient (Wildman–Crippen LogP) is -0.663. The van der Waals surface area contributed by atoms with E-state index >= 15 is 0 Å². The lowest BCUT2D eigenvalue weighted by molar-refractivity contribution is -0.384. The number of pyridine rings is 1. The molecule has 0 fully saturated rings. The Balaban J connectivity index is 2.84. The van der Waals surface area contributed by atoms with Crippen molar-refractivity contribution in [2.45, 2.75) is 6.10 Å². The van der Waals surface area contributed by atoms with E-state index in [2.05, 4.69) is 10.3 Å². The van der Waals surface area contributed by atoms with Gasteiger partial charge in [0.05, 0.1) is 17.6 Å². The van der Waals surface area contributed by atoms with Crippen LogP contribution in [0.1, 0.15) is 0 Å². The van der Waals surface area contributed by atoms with Gasteiger partial charge in [-0.2, -0.15) is 0 Å². The quantitative estimate of drug-likeness (QED) is 0.388. The van der Waals surface area contributed by atoms with Crippen molar-refractivity contribution in [3.8, 4) is 0 Å². The number of anilines is 2. The summed E-state index contributed by atoms with van der Waals surface area (Å²) in [6, 6.07) is 2.53. The highest BCUT2D eigenvalue weighted by molar-refractivity contribution is 5.59. The summed E-state index contributed by atoms with van der Waals surface area (Å²) in [7, 11) is 0. The lowest BCUT2D eigenvalue weighted by Gasteiger charge is -2.09. The van der Waals surface area contributed by atoms with E-state index in [1.165, 1.54) is 12.1 Å². The molecule has 0 aromatic carbocycles. The Morgan fingerprint density at radius 3 is 2.88 bits per heavy atom. The van der Waals surface area contributed by atoms with Crippen molar-refractivity contribution in [2.24, 2.45) is 0 Å². The molecule has 1 unspecified atom stereocenters. The average molecular weight is 228 g/mol. The molecule has 0 saturated carbocycles. The lowest BCUT2D eigenvalue weighted by atomic mass is 10.3. The van der Waals surface area contributed by atoms with Crippen LogP contribution in [0.3, 0.4) is 0 Å². The minimum Gasteiger partial charge on any atom is -0.394 e. The van der Waals surface area contributed by atoms with Crippen LogP contribution in [0.4, 0.5) is 17.3 Å². The first-order valence-corrected chi connectivity index (χ1v) is 4.48. The summed E-state index contributed by atoms with van der Waals surface area (Å²) in [5.74, 6) is 0.101. The Labute approximate surface area is 90.9 Å². The van der Waals surface area contributed by atoms with Crippen LogP contribution in [0, 0.1) is 10.1 Å². The van der Waals surface area contributed by atoms with Crippen LogP contribution in [0.5, 0.6) is 0 Å². The smallest absolute Gasteiger partial charge is 0.311 e. The molecule has 1 rings (SSSR count). The van der Waals surface area contributed by atoms with Gasteiger partial charge in [-0.05, 0) is 6.07 Å². The van der Waals surface area contributed by atoms with Gasteiger partial charge < -0.3 is 21.3 Å². The third-order valence-corrected chi connectivity index (χ3v) is 1.81. The fourth-order valence-electron chi connectivity index (χ4n) is 1.02. The number of aliphatic hydroxyl groups excluding tert-OH is 2. The molecule has 1 atom stereocenters. The maximum atomic E-state index is 10.6. The minimum absolute atomic E-state index is 0.0301. The summed E-state index contributed by atoms with van der Waals surface area (Å²) in [6.07, 6.45) is -1.01. The molecular weight excluding hydrogens is 216 g/mol. The van der Waals surface area contributed by atoms with Crippen molar-refractivity contribution < 1.29 is 15.1 Å². The fourth-order valence-corrected chi connectivity index (χ4v) is 1.02. The van der Waals surface area contributed by atoms with Gasteiger partial charge in [0.2, 0.25) is 5.82 Å². The molecule has 88 valence electrons. The molecule has 0 amide bonds. The number of nitrogens with two attached hydrogens (primary N) is 1. The maximum absolute atomic E-state index is 10.6. The number of aromatic nitrogens is 1. The van der Waals surface area contributed by atoms with E-state index in [-0.39, 0.29) is 23.9 Å². The second kappa shape index (κ2) is 5.24. The predicted molar refractivity (Wildman–Crippen MR) is 56.9 cm³/mol. The van der Waals surface area contributed by atoms with Gasteiger partial charge in [-0.15, -0.1) is 0 Å². The molecule has 5 N–H and O–H groups in total. The summed E-state index contributed by atoms with van der Waals surface area (Å²) < 4.78 is 0. The summed E-state index contributed by atoms with van der Waals surface area (Å²) in [6.45, 7) is -0.489. The molecular formula is C8H12N4O4. The Morgan fingerprint density at radius 2 is 2.31 bits per heavy atom. The molecule has 8 heteroatoms. The zero-order valence-electron chi connectivity index (χ0n) is 8.33. The van der Waals surface area contributed by atoms with Crippen LogP contribution in [-0.2, 0) is 0 Å². The summed E-state index contributed by atoms with van der Waals surface area (Å²) in [5.41, 5.74) is 5.14. The largest absolute Gasteiger partial charge is 0.394 e. The molecule has 0 aliphatic carbocycles. The Kier molecular flexibility index (Phi) is 3.97. The van der Waals surface area contributed by atoms with Crippen molar-refractivity contribution in [3.05, 3.63) is 22.2 Å². The minimum atomic E-state index is -1.01. The Hall–Kier alpha value is -1.93. The highest BCUT2D eigenvalue weighted by atomic mass is 16.6. The van der Waals surface area contributed by atoms with Crippen molar-refractivity contribution in [1.82, 2.24) is 4.98 Å². The zero-order chi connectivity index (χ0) is 12.1. The normalized spacial score (nSPS) is 12.1. The molecule has 0 aliphatic heterocycles. The standard InChI is InChI=1S/C8H12N4O4/c9-7-2-1-6(12(15)16)8(11-7)10-3-5(14)4-13/h1-2,5,13-14H,3-4H2,(H3,9,10,11). The number of nitro groups is 1. The molecule has 16 heavy (non-hydrogen) atoms. The first kappa shape index (κ1) is 12.1. The molecule has 0 aliphatic rings. The van der Waals surface area contributed by atoms with E-state index in [9.17, 15) is 10.1 Å². The van der Waals surface area contributed by atoms with Gasteiger partial charge in [-0.1, -0.05) is 0 Å². The van der Waals surface area contributed by atoms with E-state index in [0.717, 1.165) is 0 Å². The van der Waals surface area contributed by atoms with Gasteiger partial charge in [0.15, 0.2) is 0 Å². The highest BCUT2D eigenvalue weighted by Gasteiger charge is 2.15. The second-order valence-electron chi connectivity index (χ2n) is 3.08. The third-order valence-electron chi connectivity index (χ3n) is 1.81. The van der Waals surface area contributed by atoms with Crippen LogP contribution in [0.15, 0.2) is 12.1 Å². The van der Waals surface area contributed by atoms with E-state index < -0.39 is 17.6 Å². The number of nitrogens with zero attached hydrogens (tertiary/aromatic N) is 2. The highest BCUT2D eigenvalue weighted by Crippen LogP contribution is 2.22. The molecule has 0 spiro atoms. The van der Waals surface area contributed by atoms with Crippen LogP contribution < -0.4 is 11.1 Å². The molecule has 1 aromatic rings. The van der Waals surface area contributed by atoms with Gasteiger partial charge in [0, 0.05) is 12.6 Å². The van der Waals surface area contributed by atoms with E-state index in [4.69, 9.17) is 15.9 Å². The number of hydrogen-bond acceptors (Lipinski definition) is 7. The molecule has 1 heterocycles. The first-order chi connectivity index (χ1) is 7.54. The number of hydrogen-bond donors (Lipinski definition) is 4.